The van der Waals surface area contributed by atoms with Crippen molar-refractivity contribution in [1.82, 2.24) is 20.1 Å². The molecule has 1 saturated heterocycles. The lowest BCUT2D eigenvalue weighted by atomic mass is 10.0. The minimum Gasteiger partial charge on any atom is -0.355 e. The molecule has 0 radical (unpaired) electrons. The second kappa shape index (κ2) is 7.03. The van der Waals surface area contributed by atoms with Crippen LogP contribution in [0.15, 0.2) is 24.4 Å². The summed E-state index contributed by atoms with van der Waals surface area (Å²) in [5.41, 5.74) is 2.91. The number of carbonyl (C=O) groups is 1. The first-order valence-corrected chi connectivity index (χ1v) is 8.48. The van der Waals surface area contributed by atoms with E-state index >= 15 is 0 Å². The topological polar surface area (TPSA) is 65.1 Å². The van der Waals surface area contributed by atoms with Crippen LogP contribution in [0.4, 0.5) is 5.82 Å². The Hall–Kier alpha value is -2.37. The van der Waals surface area contributed by atoms with E-state index in [0.29, 0.717) is 6.42 Å². The molecule has 2 aromatic rings. The van der Waals surface area contributed by atoms with Gasteiger partial charge >= 0.3 is 0 Å². The third-order valence-electron chi connectivity index (χ3n) is 4.92. The van der Waals surface area contributed by atoms with Gasteiger partial charge in [-0.2, -0.15) is 5.10 Å². The molecule has 1 aliphatic rings. The van der Waals surface area contributed by atoms with Gasteiger partial charge in [0.25, 0.3) is 0 Å². The standard InChI is InChI=1S/C18H25N5O/c1-13-16(14(2)21-20-13)11-18(24)22(3)15-7-6-10-23(12-15)17-8-4-5-9-19-17/h4-5,8-9,15H,6-7,10-12H2,1-3H3,(H,20,21)/t15-/m1/s1. The number of aryl methyl sites for hydroxylation is 2. The van der Waals surface area contributed by atoms with E-state index in [2.05, 4.69) is 20.1 Å². The van der Waals surface area contributed by atoms with Crippen molar-refractivity contribution in [2.75, 3.05) is 25.0 Å². The van der Waals surface area contributed by atoms with E-state index in [0.717, 1.165) is 48.7 Å². The van der Waals surface area contributed by atoms with E-state index in [9.17, 15) is 4.79 Å². The fourth-order valence-electron chi connectivity index (χ4n) is 3.33. The lowest BCUT2D eigenvalue weighted by Crippen LogP contribution is -2.49. The van der Waals surface area contributed by atoms with Gasteiger partial charge in [-0.1, -0.05) is 6.07 Å². The maximum absolute atomic E-state index is 12.7. The molecule has 24 heavy (non-hydrogen) atoms. The van der Waals surface area contributed by atoms with E-state index in [-0.39, 0.29) is 11.9 Å². The number of likely N-dealkylation sites (N-methyl/N-ethyl adjacent to an activating group) is 1. The number of aromatic nitrogens is 3. The number of amides is 1. The molecule has 0 aromatic carbocycles. The van der Waals surface area contributed by atoms with Crippen LogP contribution in [0, 0.1) is 13.8 Å². The summed E-state index contributed by atoms with van der Waals surface area (Å²) in [6, 6.07) is 6.19. The van der Waals surface area contributed by atoms with Gasteiger partial charge in [0.2, 0.25) is 5.91 Å². The molecule has 0 spiro atoms. The lowest BCUT2D eigenvalue weighted by molar-refractivity contribution is -0.131. The average molecular weight is 327 g/mol. The van der Waals surface area contributed by atoms with Gasteiger partial charge in [0.1, 0.15) is 5.82 Å². The zero-order valence-electron chi connectivity index (χ0n) is 14.6. The number of carbonyl (C=O) groups excluding carboxylic acids is 1. The number of piperidine rings is 1. The van der Waals surface area contributed by atoms with Gasteiger partial charge in [0.05, 0.1) is 12.1 Å². The third-order valence-corrected chi connectivity index (χ3v) is 4.92. The molecule has 1 amide bonds. The molecule has 0 aliphatic carbocycles. The molecule has 128 valence electrons. The first kappa shape index (κ1) is 16.5. The smallest absolute Gasteiger partial charge is 0.227 e. The summed E-state index contributed by atoms with van der Waals surface area (Å²) in [4.78, 5) is 21.3. The van der Waals surface area contributed by atoms with Crippen molar-refractivity contribution in [2.45, 2.75) is 39.2 Å². The van der Waals surface area contributed by atoms with Crippen molar-refractivity contribution in [3.8, 4) is 0 Å². The number of H-pyrrole nitrogens is 1. The number of pyridine rings is 1. The minimum atomic E-state index is 0.149. The van der Waals surface area contributed by atoms with Crippen LogP contribution in [-0.4, -0.2) is 52.2 Å². The Kier molecular flexibility index (Phi) is 4.83. The van der Waals surface area contributed by atoms with E-state index in [4.69, 9.17) is 0 Å². The van der Waals surface area contributed by atoms with Crippen molar-refractivity contribution in [2.24, 2.45) is 0 Å². The van der Waals surface area contributed by atoms with Crippen molar-refractivity contribution in [3.63, 3.8) is 0 Å². The van der Waals surface area contributed by atoms with Crippen LogP contribution >= 0.6 is 0 Å². The summed E-state index contributed by atoms with van der Waals surface area (Å²) in [5.74, 6) is 1.14. The predicted molar refractivity (Wildman–Crippen MR) is 94.0 cm³/mol. The van der Waals surface area contributed by atoms with Crippen LogP contribution in [0.1, 0.15) is 29.8 Å². The molecular formula is C18H25N5O. The van der Waals surface area contributed by atoms with Crippen molar-refractivity contribution in [3.05, 3.63) is 41.3 Å². The molecule has 1 fully saturated rings. The molecule has 2 aromatic heterocycles. The summed E-state index contributed by atoms with van der Waals surface area (Å²) < 4.78 is 0. The maximum atomic E-state index is 12.7. The lowest BCUT2D eigenvalue weighted by Gasteiger charge is -2.38. The number of nitrogens with zero attached hydrogens (tertiary/aromatic N) is 4. The summed E-state index contributed by atoms with van der Waals surface area (Å²) in [6.07, 6.45) is 4.33. The third kappa shape index (κ3) is 3.42. The second-order valence-electron chi connectivity index (χ2n) is 6.52. The van der Waals surface area contributed by atoms with Crippen LogP contribution in [-0.2, 0) is 11.2 Å². The van der Waals surface area contributed by atoms with Crippen molar-refractivity contribution >= 4 is 11.7 Å². The van der Waals surface area contributed by atoms with E-state index in [1.54, 1.807) is 0 Å². The highest BCUT2D eigenvalue weighted by Crippen LogP contribution is 2.21. The molecular weight excluding hydrogens is 302 g/mol. The van der Waals surface area contributed by atoms with Gasteiger partial charge in [0, 0.05) is 43.6 Å². The monoisotopic (exact) mass is 327 g/mol. The Morgan fingerprint density at radius 3 is 2.92 bits per heavy atom. The van der Waals surface area contributed by atoms with Gasteiger partial charge in [-0.05, 0) is 38.8 Å². The number of anilines is 1. The Morgan fingerprint density at radius 1 is 1.42 bits per heavy atom. The molecule has 6 nitrogen and oxygen atoms in total. The zero-order valence-corrected chi connectivity index (χ0v) is 14.6. The Morgan fingerprint density at radius 2 is 2.25 bits per heavy atom. The Bertz CT molecular complexity index is 677. The van der Waals surface area contributed by atoms with Crippen LogP contribution < -0.4 is 4.90 Å². The van der Waals surface area contributed by atoms with Gasteiger partial charge in [-0.3, -0.25) is 9.89 Å². The fourth-order valence-corrected chi connectivity index (χ4v) is 3.33. The summed E-state index contributed by atoms with van der Waals surface area (Å²) in [7, 11) is 1.92. The SMILES string of the molecule is Cc1n[nH]c(C)c1CC(=O)N(C)[C@@H]1CCCN(c2ccccn2)C1. The highest BCUT2D eigenvalue weighted by Gasteiger charge is 2.27. The number of aromatic amines is 1. The normalized spacial score (nSPS) is 17.8. The van der Waals surface area contributed by atoms with Gasteiger partial charge in [-0.15, -0.1) is 0 Å². The second-order valence-corrected chi connectivity index (χ2v) is 6.52. The Labute approximate surface area is 142 Å². The molecule has 1 atom stereocenters. The van der Waals surface area contributed by atoms with Crippen LogP contribution in [0.3, 0.4) is 0 Å². The molecule has 1 aliphatic heterocycles. The molecule has 3 heterocycles. The average Bonchev–Trinajstić information content (AvgIpc) is 2.94. The summed E-state index contributed by atoms with van der Waals surface area (Å²) in [6.45, 7) is 5.74. The van der Waals surface area contributed by atoms with Crippen LogP contribution in [0.25, 0.3) is 0 Å². The number of hydrogen-bond acceptors (Lipinski definition) is 4. The van der Waals surface area contributed by atoms with Crippen molar-refractivity contribution in [1.29, 1.82) is 0 Å². The number of nitrogens with one attached hydrogen (secondary N) is 1. The molecule has 6 heteroatoms. The van der Waals surface area contributed by atoms with E-state index in [1.807, 2.05) is 50.2 Å². The van der Waals surface area contributed by atoms with E-state index < -0.39 is 0 Å². The van der Waals surface area contributed by atoms with Crippen LogP contribution in [0.2, 0.25) is 0 Å². The Balaban J connectivity index is 1.66. The highest BCUT2D eigenvalue weighted by atomic mass is 16.2. The van der Waals surface area contributed by atoms with Crippen LogP contribution in [0.5, 0.6) is 0 Å². The first-order chi connectivity index (χ1) is 11.6. The van der Waals surface area contributed by atoms with Gasteiger partial charge in [-0.25, -0.2) is 4.98 Å². The first-order valence-electron chi connectivity index (χ1n) is 8.48. The predicted octanol–water partition coefficient (Wildman–Crippen LogP) is 2.09. The quantitative estimate of drug-likeness (QED) is 0.934. The molecule has 3 rings (SSSR count). The van der Waals surface area contributed by atoms with Gasteiger partial charge in [0.15, 0.2) is 0 Å². The summed E-state index contributed by atoms with van der Waals surface area (Å²) >= 11 is 0. The molecule has 1 N–H and O–H groups in total. The van der Waals surface area contributed by atoms with Gasteiger partial charge < -0.3 is 9.80 Å². The number of hydrogen-bond donors (Lipinski definition) is 1. The molecule has 0 saturated carbocycles. The van der Waals surface area contributed by atoms with Crippen molar-refractivity contribution < 1.29 is 4.79 Å². The number of rotatable bonds is 4. The molecule has 0 bridgehead atoms. The highest BCUT2D eigenvalue weighted by molar-refractivity contribution is 5.79. The maximum Gasteiger partial charge on any atom is 0.227 e. The fraction of sp³-hybridized carbons (Fsp3) is 0.500. The zero-order chi connectivity index (χ0) is 17.1. The minimum absolute atomic E-state index is 0.149. The largest absolute Gasteiger partial charge is 0.355 e. The summed E-state index contributed by atoms with van der Waals surface area (Å²) in [5, 5.41) is 7.13. The molecule has 0 unspecified atom stereocenters. The van der Waals surface area contributed by atoms with E-state index in [1.165, 1.54) is 0 Å².